The third-order valence-corrected chi connectivity index (χ3v) is 9.31. The van der Waals surface area contributed by atoms with Crippen LogP contribution < -0.4 is 3.58 Å². The van der Waals surface area contributed by atoms with Crippen LogP contribution >= 0.6 is 0 Å². The Labute approximate surface area is 120 Å². The Balaban J connectivity index is 2.29. The van der Waals surface area contributed by atoms with Crippen molar-refractivity contribution in [3.8, 4) is 11.1 Å². The summed E-state index contributed by atoms with van der Waals surface area (Å²) in [6.07, 6.45) is 0.727. The van der Waals surface area contributed by atoms with E-state index in [0.717, 1.165) is 6.42 Å². The molecule has 0 spiro atoms. The van der Waals surface area contributed by atoms with Crippen molar-refractivity contribution in [1.29, 1.82) is 0 Å². The fourth-order valence-electron chi connectivity index (χ4n) is 2.20. The van der Waals surface area contributed by atoms with E-state index in [2.05, 4.69) is 63.3 Å². The van der Waals surface area contributed by atoms with Crippen molar-refractivity contribution < 1.29 is 5.11 Å². The molecule has 0 aromatic heterocycles. The van der Waals surface area contributed by atoms with E-state index in [9.17, 15) is 0 Å². The number of hydrogen-bond donors (Lipinski definition) is 1. The van der Waals surface area contributed by atoms with E-state index >= 15 is 0 Å². The van der Waals surface area contributed by atoms with Crippen LogP contribution in [-0.2, 0) is 6.42 Å². The first-order valence-electron chi connectivity index (χ1n) is 6.81. The second-order valence-electron chi connectivity index (χ2n) is 6.00. The molecule has 0 atom stereocenters. The van der Waals surface area contributed by atoms with E-state index in [1.165, 1.54) is 16.7 Å². The molecule has 0 radical (unpaired) electrons. The summed E-state index contributed by atoms with van der Waals surface area (Å²) in [6, 6.07) is 17.5. The summed E-state index contributed by atoms with van der Waals surface area (Å²) in [7, 11) is 0. The van der Waals surface area contributed by atoms with Gasteiger partial charge in [-0.25, -0.2) is 0 Å². The van der Waals surface area contributed by atoms with Crippen LogP contribution in [0.15, 0.2) is 48.5 Å². The number of rotatable bonds is 4. The Morgan fingerprint density at radius 1 is 0.895 bits per heavy atom. The first kappa shape index (κ1) is 14.6. The molecular formula is C17H22OSn. The molecule has 19 heavy (non-hydrogen) atoms. The third-order valence-electron chi connectivity index (χ3n) is 3.41. The molecule has 100 valence electrons. The average molecular weight is 361 g/mol. The van der Waals surface area contributed by atoms with Crippen LogP contribution in [0, 0.1) is 0 Å². The van der Waals surface area contributed by atoms with Gasteiger partial charge in [-0.3, -0.25) is 0 Å². The van der Waals surface area contributed by atoms with E-state index in [1.807, 2.05) is 0 Å². The van der Waals surface area contributed by atoms with Gasteiger partial charge in [-0.2, -0.15) is 0 Å². The van der Waals surface area contributed by atoms with Gasteiger partial charge in [-0.15, -0.1) is 0 Å². The van der Waals surface area contributed by atoms with E-state index in [-0.39, 0.29) is 6.61 Å². The average Bonchev–Trinajstić information content (AvgIpc) is 2.39. The van der Waals surface area contributed by atoms with Gasteiger partial charge in [0.1, 0.15) is 0 Å². The molecule has 2 rings (SSSR count). The van der Waals surface area contributed by atoms with E-state index < -0.39 is 18.4 Å². The zero-order valence-electron chi connectivity index (χ0n) is 12.0. The Hall–Kier alpha value is -0.801. The summed E-state index contributed by atoms with van der Waals surface area (Å²) in [5, 5.41) is 9.01. The molecule has 2 aromatic rings. The van der Waals surface area contributed by atoms with Gasteiger partial charge in [0, 0.05) is 0 Å². The first-order chi connectivity index (χ1) is 9.00. The molecule has 0 saturated heterocycles. The molecular weight excluding hydrogens is 339 g/mol. The van der Waals surface area contributed by atoms with Crippen molar-refractivity contribution in [2.24, 2.45) is 0 Å². The SMILES string of the molecule is [CH3][Sn]([CH3])([CH3])[c]1ccc(-c2cccc(CCO)c2)cc1. The summed E-state index contributed by atoms with van der Waals surface area (Å²) in [5.41, 5.74) is 3.69. The van der Waals surface area contributed by atoms with Crippen LogP contribution in [0.3, 0.4) is 0 Å². The summed E-state index contributed by atoms with van der Waals surface area (Å²) < 4.78 is 1.56. The van der Waals surface area contributed by atoms with Gasteiger partial charge in [-0.05, 0) is 0 Å². The summed E-state index contributed by atoms with van der Waals surface area (Å²) in [5.74, 6) is 0. The van der Waals surface area contributed by atoms with Gasteiger partial charge in [0.05, 0.1) is 0 Å². The normalized spacial score (nSPS) is 11.6. The minimum atomic E-state index is -1.93. The topological polar surface area (TPSA) is 20.2 Å². The van der Waals surface area contributed by atoms with Gasteiger partial charge in [-0.1, -0.05) is 0 Å². The fraction of sp³-hybridized carbons (Fsp3) is 0.294. The number of benzene rings is 2. The summed E-state index contributed by atoms with van der Waals surface area (Å²) in [6.45, 7) is 0.209. The van der Waals surface area contributed by atoms with Crippen LogP contribution in [0.1, 0.15) is 5.56 Å². The number of aliphatic hydroxyl groups excluding tert-OH is 1. The zero-order chi connectivity index (χ0) is 13.9. The predicted octanol–water partition coefficient (Wildman–Crippen LogP) is 3.43. The second-order valence-corrected chi connectivity index (χ2v) is 20.5. The van der Waals surface area contributed by atoms with Crippen LogP contribution in [0.4, 0.5) is 0 Å². The van der Waals surface area contributed by atoms with Gasteiger partial charge in [0.25, 0.3) is 0 Å². The van der Waals surface area contributed by atoms with Crippen LogP contribution in [0.25, 0.3) is 11.1 Å². The molecule has 0 amide bonds. The van der Waals surface area contributed by atoms with Gasteiger partial charge >= 0.3 is 120 Å². The van der Waals surface area contributed by atoms with Crippen molar-refractivity contribution in [2.75, 3.05) is 6.61 Å². The van der Waals surface area contributed by atoms with E-state index in [0.29, 0.717) is 0 Å². The molecule has 0 unspecified atom stereocenters. The van der Waals surface area contributed by atoms with E-state index in [4.69, 9.17) is 5.11 Å². The van der Waals surface area contributed by atoms with Crippen LogP contribution in [0.2, 0.25) is 14.8 Å². The maximum absolute atomic E-state index is 9.01. The van der Waals surface area contributed by atoms with Crippen molar-refractivity contribution in [1.82, 2.24) is 0 Å². The molecule has 2 heteroatoms. The maximum atomic E-state index is 9.01. The molecule has 1 N–H and O–H groups in total. The number of hydrogen-bond acceptors (Lipinski definition) is 1. The molecule has 0 aliphatic rings. The Morgan fingerprint density at radius 3 is 2.16 bits per heavy atom. The summed E-state index contributed by atoms with van der Waals surface area (Å²) >= 11 is -1.93. The van der Waals surface area contributed by atoms with Crippen LogP contribution in [-0.4, -0.2) is 30.1 Å². The van der Waals surface area contributed by atoms with Crippen LogP contribution in [0.5, 0.6) is 0 Å². The molecule has 0 saturated carbocycles. The first-order valence-corrected chi connectivity index (χ1v) is 16.8. The van der Waals surface area contributed by atoms with Gasteiger partial charge in [0.15, 0.2) is 0 Å². The molecule has 1 nitrogen and oxygen atoms in total. The molecule has 0 fully saturated rings. The van der Waals surface area contributed by atoms with Crippen molar-refractivity contribution in [3.05, 3.63) is 54.1 Å². The quantitative estimate of drug-likeness (QED) is 0.828. The molecule has 0 heterocycles. The van der Waals surface area contributed by atoms with E-state index in [1.54, 1.807) is 3.58 Å². The Bertz CT molecular complexity index is 538. The molecule has 0 aliphatic heterocycles. The summed E-state index contributed by atoms with van der Waals surface area (Å²) in [4.78, 5) is 7.31. The van der Waals surface area contributed by atoms with Crippen molar-refractivity contribution in [2.45, 2.75) is 21.2 Å². The predicted molar refractivity (Wildman–Crippen MR) is 85.6 cm³/mol. The molecule has 0 bridgehead atoms. The Morgan fingerprint density at radius 2 is 1.58 bits per heavy atom. The van der Waals surface area contributed by atoms with Crippen molar-refractivity contribution >= 4 is 22.0 Å². The number of aliphatic hydroxyl groups is 1. The zero-order valence-corrected chi connectivity index (χ0v) is 14.8. The fourth-order valence-corrected chi connectivity index (χ4v) is 5.53. The second kappa shape index (κ2) is 6.10. The van der Waals surface area contributed by atoms with Gasteiger partial charge in [0.2, 0.25) is 0 Å². The van der Waals surface area contributed by atoms with Crippen molar-refractivity contribution in [3.63, 3.8) is 0 Å². The minimum absolute atomic E-state index is 0.209. The third kappa shape index (κ3) is 3.83. The standard InChI is InChI=1S/C14H13O.3CH3.Sn/c15-10-9-12-5-4-8-14(11-12)13-6-2-1-3-7-13;;;;/h2-8,11,15H,9-10H2;3*1H3;. The van der Waals surface area contributed by atoms with Gasteiger partial charge < -0.3 is 0 Å². The monoisotopic (exact) mass is 362 g/mol. The molecule has 2 aromatic carbocycles. The Kier molecular flexibility index (Phi) is 4.69. The molecule has 0 aliphatic carbocycles.